The molecule has 0 amide bonds. The number of nitrogens with one attached hydrogen (secondary N) is 2. The molecule has 2 aromatic rings. The van der Waals surface area contributed by atoms with Crippen LogP contribution in [0.4, 0.5) is 11.6 Å². The molecule has 1 atom stereocenters. The maximum absolute atomic E-state index is 5.59. The minimum Gasteiger partial charge on any atom is -0.464 e. The average molecular weight is 260 g/mol. The second-order valence-electron chi connectivity index (χ2n) is 4.53. The number of hydrogen-bond donors (Lipinski definition) is 2. The van der Waals surface area contributed by atoms with E-state index in [1.54, 1.807) is 6.33 Å². The largest absolute Gasteiger partial charge is 0.464 e. The molecule has 0 spiro atoms. The van der Waals surface area contributed by atoms with E-state index in [0.29, 0.717) is 0 Å². The Kier molecular flexibility index (Phi) is 4.39. The molecule has 0 saturated heterocycles. The molecule has 0 aromatic carbocycles. The van der Waals surface area contributed by atoms with Crippen LogP contribution >= 0.6 is 0 Å². The lowest BCUT2D eigenvalue weighted by Crippen LogP contribution is -2.08. The minimum atomic E-state index is 0.0719. The van der Waals surface area contributed by atoms with Crippen molar-refractivity contribution in [2.45, 2.75) is 33.2 Å². The Bertz CT molecular complexity index is 524. The van der Waals surface area contributed by atoms with E-state index in [1.807, 2.05) is 32.0 Å². The molecule has 5 heteroatoms. The number of aromatic nitrogens is 2. The van der Waals surface area contributed by atoms with Crippen molar-refractivity contribution in [2.24, 2.45) is 0 Å². The van der Waals surface area contributed by atoms with Crippen LogP contribution in [0.2, 0.25) is 0 Å². The predicted molar refractivity (Wildman–Crippen MR) is 76.3 cm³/mol. The molecule has 2 heterocycles. The van der Waals surface area contributed by atoms with Crippen molar-refractivity contribution in [3.63, 3.8) is 0 Å². The van der Waals surface area contributed by atoms with Crippen molar-refractivity contribution in [1.82, 2.24) is 9.97 Å². The summed E-state index contributed by atoms with van der Waals surface area (Å²) in [5.41, 5.74) is 0. The van der Waals surface area contributed by atoms with Crippen molar-refractivity contribution in [2.75, 3.05) is 17.2 Å². The van der Waals surface area contributed by atoms with Crippen molar-refractivity contribution < 1.29 is 4.42 Å². The van der Waals surface area contributed by atoms with Gasteiger partial charge in [0.1, 0.15) is 29.5 Å². The summed E-state index contributed by atoms with van der Waals surface area (Å²) in [7, 11) is 0. The monoisotopic (exact) mass is 260 g/mol. The van der Waals surface area contributed by atoms with Crippen molar-refractivity contribution >= 4 is 11.6 Å². The molecule has 0 fully saturated rings. The third-order valence-electron chi connectivity index (χ3n) is 2.78. The van der Waals surface area contributed by atoms with Gasteiger partial charge in [-0.05, 0) is 32.4 Å². The molecule has 5 nitrogen and oxygen atoms in total. The van der Waals surface area contributed by atoms with Gasteiger partial charge in [0, 0.05) is 12.6 Å². The minimum absolute atomic E-state index is 0.0719. The van der Waals surface area contributed by atoms with Gasteiger partial charge >= 0.3 is 0 Å². The van der Waals surface area contributed by atoms with Crippen LogP contribution in [0, 0.1) is 6.92 Å². The Morgan fingerprint density at radius 1 is 1.26 bits per heavy atom. The quantitative estimate of drug-likeness (QED) is 0.833. The normalized spacial score (nSPS) is 12.2. The van der Waals surface area contributed by atoms with Crippen molar-refractivity contribution in [3.8, 4) is 0 Å². The van der Waals surface area contributed by atoms with Gasteiger partial charge in [0.05, 0.1) is 6.04 Å². The molecular formula is C14H20N4O. The molecule has 2 aromatic heterocycles. The van der Waals surface area contributed by atoms with Crippen LogP contribution in [0.25, 0.3) is 0 Å². The molecule has 0 radical (unpaired) electrons. The number of furan rings is 1. The lowest BCUT2D eigenvalue weighted by Gasteiger charge is -2.13. The fourth-order valence-electron chi connectivity index (χ4n) is 1.77. The number of hydrogen-bond acceptors (Lipinski definition) is 5. The first-order valence-electron chi connectivity index (χ1n) is 6.58. The van der Waals surface area contributed by atoms with Gasteiger partial charge in [0.15, 0.2) is 0 Å². The van der Waals surface area contributed by atoms with E-state index in [9.17, 15) is 0 Å². The molecule has 0 aliphatic carbocycles. The van der Waals surface area contributed by atoms with Crippen LogP contribution in [0.1, 0.15) is 37.8 Å². The number of aryl methyl sites for hydroxylation is 1. The zero-order chi connectivity index (χ0) is 13.7. The van der Waals surface area contributed by atoms with E-state index >= 15 is 0 Å². The SMILES string of the molecule is CCCNc1cc(NC(C)c2ccc(C)o2)ncn1. The van der Waals surface area contributed by atoms with Crippen molar-refractivity contribution in [3.05, 3.63) is 36.0 Å². The van der Waals surface area contributed by atoms with E-state index < -0.39 is 0 Å². The smallest absolute Gasteiger partial charge is 0.132 e. The zero-order valence-corrected chi connectivity index (χ0v) is 11.6. The fourth-order valence-corrected chi connectivity index (χ4v) is 1.77. The molecular weight excluding hydrogens is 240 g/mol. The second-order valence-corrected chi connectivity index (χ2v) is 4.53. The lowest BCUT2D eigenvalue weighted by molar-refractivity contribution is 0.466. The summed E-state index contributed by atoms with van der Waals surface area (Å²) in [4.78, 5) is 8.39. The third kappa shape index (κ3) is 3.71. The van der Waals surface area contributed by atoms with Gasteiger partial charge in [-0.2, -0.15) is 0 Å². The molecule has 2 N–H and O–H groups in total. The summed E-state index contributed by atoms with van der Waals surface area (Å²) in [5, 5.41) is 6.54. The van der Waals surface area contributed by atoms with E-state index in [4.69, 9.17) is 4.42 Å². The molecule has 19 heavy (non-hydrogen) atoms. The second kappa shape index (κ2) is 6.22. The summed E-state index contributed by atoms with van der Waals surface area (Å²) in [6.45, 7) is 7.01. The van der Waals surface area contributed by atoms with Gasteiger partial charge in [-0.3, -0.25) is 0 Å². The third-order valence-corrected chi connectivity index (χ3v) is 2.78. The highest BCUT2D eigenvalue weighted by Crippen LogP contribution is 2.20. The summed E-state index contributed by atoms with van der Waals surface area (Å²) < 4.78 is 5.59. The first-order valence-corrected chi connectivity index (χ1v) is 6.58. The van der Waals surface area contributed by atoms with Crippen LogP contribution in [0.3, 0.4) is 0 Å². The van der Waals surface area contributed by atoms with Crippen LogP contribution in [-0.2, 0) is 0 Å². The Morgan fingerprint density at radius 2 is 2.05 bits per heavy atom. The lowest BCUT2D eigenvalue weighted by atomic mass is 10.2. The van der Waals surface area contributed by atoms with Crippen LogP contribution in [-0.4, -0.2) is 16.5 Å². The average Bonchev–Trinajstić information content (AvgIpc) is 2.83. The molecule has 0 aliphatic heterocycles. The van der Waals surface area contributed by atoms with Crippen LogP contribution in [0.15, 0.2) is 28.9 Å². The Morgan fingerprint density at radius 3 is 2.74 bits per heavy atom. The highest BCUT2D eigenvalue weighted by molar-refractivity contribution is 5.47. The molecule has 0 aliphatic rings. The summed E-state index contributed by atoms with van der Waals surface area (Å²) in [5.74, 6) is 3.44. The van der Waals surface area contributed by atoms with E-state index in [-0.39, 0.29) is 6.04 Å². The van der Waals surface area contributed by atoms with E-state index in [2.05, 4.69) is 27.5 Å². The Balaban J connectivity index is 2.02. The zero-order valence-electron chi connectivity index (χ0n) is 11.6. The van der Waals surface area contributed by atoms with Gasteiger partial charge in [0.25, 0.3) is 0 Å². The maximum Gasteiger partial charge on any atom is 0.132 e. The Labute approximate surface area is 113 Å². The van der Waals surface area contributed by atoms with Gasteiger partial charge in [-0.25, -0.2) is 9.97 Å². The summed E-state index contributed by atoms with van der Waals surface area (Å²) in [6, 6.07) is 5.91. The first-order chi connectivity index (χ1) is 9.19. The standard InChI is InChI=1S/C14H20N4O/c1-4-7-15-13-8-14(17-9-16-13)18-11(3)12-6-5-10(2)19-12/h5-6,8-9,11H,4,7H2,1-3H3,(H2,15,16,17,18). The molecule has 2 rings (SSSR count). The van der Waals surface area contributed by atoms with Gasteiger partial charge < -0.3 is 15.1 Å². The van der Waals surface area contributed by atoms with E-state index in [0.717, 1.165) is 36.1 Å². The molecule has 0 saturated carbocycles. The number of anilines is 2. The highest BCUT2D eigenvalue weighted by Gasteiger charge is 2.10. The highest BCUT2D eigenvalue weighted by atomic mass is 16.3. The van der Waals surface area contributed by atoms with Gasteiger partial charge in [-0.1, -0.05) is 6.92 Å². The van der Waals surface area contributed by atoms with Crippen LogP contribution in [0.5, 0.6) is 0 Å². The van der Waals surface area contributed by atoms with E-state index in [1.165, 1.54) is 0 Å². The summed E-state index contributed by atoms with van der Waals surface area (Å²) >= 11 is 0. The first kappa shape index (κ1) is 13.4. The maximum atomic E-state index is 5.59. The van der Waals surface area contributed by atoms with Crippen LogP contribution < -0.4 is 10.6 Å². The van der Waals surface area contributed by atoms with Gasteiger partial charge in [0.2, 0.25) is 0 Å². The number of nitrogens with zero attached hydrogens (tertiary/aromatic N) is 2. The van der Waals surface area contributed by atoms with Gasteiger partial charge in [-0.15, -0.1) is 0 Å². The topological polar surface area (TPSA) is 63.0 Å². The Hall–Kier alpha value is -2.04. The summed E-state index contributed by atoms with van der Waals surface area (Å²) in [6.07, 6.45) is 2.62. The molecule has 102 valence electrons. The predicted octanol–water partition coefficient (Wildman–Crippen LogP) is 3.37. The number of rotatable bonds is 6. The molecule has 1 unspecified atom stereocenters. The molecule has 0 bridgehead atoms. The van der Waals surface area contributed by atoms with Crippen molar-refractivity contribution in [1.29, 1.82) is 0 Å². The fraction of sp³-hybridized carbons (Fsp3) is 0.429.